The van der Waals surface area contributed by atoms with Gasteiger partial charge < -0.3 is 20.1 Å². The molecule has 1 unspecified atom stereocenters. The van der Waals surface area contributed by atoms with E-state index in [2.05, 4.69) is 29.2 Å². The number of ether oxygens (including phenoxy) is 2. The number of carbonyl (C=O) groups excluding carboxylic acids is 2. The van der Waals surface area contributed by atoms with E-state index in [1.165, 1.54) is 12.7 Å². The standard InChI is InChI=1S/C23H30N2O4/c1-4-17(2)18-5-7-19(8-6-18)22(26)25-14-16-29-15-13-24-21-11-9-20(10-12-21)23(27)28-3/h5-12,17,24H,4,13-16H2,1-3H3,(H,25,26). The molecule has 0 fully saturated rings. The molecule has 0 aliphatic carbocycles. The molecule has 2 aromatic carbocycles. The van der Waals surface area contributed by atoms with Crippen molar-refractivity contribution in [1.29, 1.82) is 0 Å². The fourth-order valence-corrected chi connectivity index (χ4v) is 2.75. The van der Waals surface area contributed by atoms with Crippen LogP contribution in [0.5, 0.6) is 0 Å². The quantitative estimate of drug-likeness (QED) is 0.444. The van der Waals surface area contributed by atoms with Crippen molar-refractivity contribution in [3.63, 3.8) is 0 Å². The molecule has 0 bridgehead atoms. The van der Waals surface area contributed by atoms with Crippen molar-refractivity contribution in [1.82, 2.24) is 5.32 Å². The molecule has 1 atom stereocenters. The van der Waals surface area contributed by atoms with Crippen LogP contribution >= 0.6 is 0 Å². The predicted molar refractivity (Wildman–Crippen MR) is 115 cm³/mol. The van der Waals surface area contributed by atoms with Crippen molar-refractivity contribution >= 4 is 17.6 Å². The number of esters is 1. The van der Waals surface area contributed by atoms with Crippen LogP contribution in [0.4, 0.5) is 5.69 Å². The van der Waals surface area contributed by atoms with Gasteiger partial charge in [-0.2, -0.15) is 0 Å². The number of benzene rings is 2. The van der Waals surface area contributed by atoms with E-state index >= 15 is 0 Å². The van der Waals surface area contributed by atoms with Crippen LogP contribution in [0.15, 0.2) is 48.5 Å². The highest BCUT2D eigenvalue weighted by Gasteiger charge is 2.07. The summed E-state index contributed by atoms with van der Waals surface area (Å²) in [5.41, 5.74) is 3.32. The van der Waals surface area contributed by atoms with Gasteiger partial charge in [0.25, 0.3) is 5.91 Å². The minimum Gasteiger partial charge on any atom is -0.465 e. The average Bonchev–Trinajstić information content (AvgIpc) is 2.77. The molecule has 0 saturated heterocycles. The summed E-state index contributed by atoms with van der Waals surface area (Å²) in [7, 11) is 1.36. The third-order valence-electron chi connectivity index (χ3n) is 4.77. The lowest BCUT2D eigenvalue weighted by atomic mass is 9.97. The Labute approximate surface area is 172 Å². The van der Waals surface area contributed by atoms with E-state index in [0.717, 1.165) is 12.1 Å². The number of nitrogens with one attached hydrogen (secondary N) is 2. The van der Waals surface area contributed by atoms with Gasteiger partial charge in [0.2, 0.25) is 0 Å². The molecule has 1 amide bonds. The normalized spacial score (nSPS) is 11.6. The van der Waals surface area contributed by atoms with Crippen molar-refractivity contribution in [2.45, 2.75) is 26.2 Å². The van der Waals surface area contributed by atoms with Gasteiger partial charge in [-0.3, -0.25) is 4.79 Å². The Kier molecular flexibility index (Phi) is 9.18. The third-order valence-corrected chi connectivity index (χ3v) is 4.77. The Balaban J connectivity index is 1.59. The first kappa shape index (κ1) is 22.4. The van der Waals surface area contributed by atoms with Gasteiger partial charge in [-0.25, -0.2) is 4.79 Å². The van der Waals surface area contributed by atoms with Crippen LogP contribution in [0.3, 0.4) is 0 Å². The number of anilines is 1. The maximum absolute atomic E-state index is 12.2. The van der Waals surface area contributed by atoms with Gasteiger partial charge in [0.1, 0.15) is 0 Å². The maximum Gasteiger partial charge on any atom is 0.337 e. The van der Waals surface area contributed by atoms with Crippen molar-refractivity contribution in [2.24, 2.45) is 0 Å². The lowest BCUT2D eigenvalue weighted by Crippen LogP contribution is -2.27. The SMILES string of the molecule is CCC(C)c1ccc(C(=O)NCCOCCNc2ccc(C(=O)OC)cc2)cc1. The molecule has 2 aromatic rings. The minimum atomic E-state index is -0.353. The topological polar surface area (TPSA) is 76.7 Å². The smallest absolute Gasteiger partial charge is 0.337 e. The molecule has 2 rings (SSSR count). The second kappa shape index (κ2) is 11.9. The molecule has 0 radical (unpaired) electrons. The van der Waals surface area contributed by atoms with Crippen LogP contribution < -0.4 is 10.6 Å². The highest BCUT2D eigenvalue weighted by Crippen LogP contribution is 2.18. The molecule has 0 heterocycles. The van der Waals surface area contributed by atoms with Crippen molar-refractivity contribution < 1.29 is 19.1 Å². The third kappa shape index (κ3) is 7.23. The first-order valence-corrected chi connectivity index (χ1v) is 9.93. The molecular formula is C23H30N2O4. The van der Waals surface area contributed by atoms with E-state index in [0.29, 0.717) is 43.3 Å². The number of amides is 1. The Bertz CT molecular complexity index is 772. The number of rotatable bonds is 11. The summed E-state index contributed by atoms with van der Waals surface area (Å²) >= 11 is 0. The van der Waals surface area contributed by atoms with Crippen molar-refractivity contribution in [2.75, 3.05) is 38.7 Å². The fraction of sp³-hybridized carbons (Fsp3) is 0.391. The molecule has 0 aromatic heterocycles. The number of methoxy groups -OCH3 is 1. The molecule has 0 aliphatic rings. The molecule has 29 heavy (non-hydrogen) atoms. The first-order chi connectivity index (χ1) is 14.0. The van der Waals surface area contributed by atoms with E-state index in [9.17, 15) is 9.59 Å². The monoisotopic (exact) mass is 398 g/mol. The predicted octanol–water partition coefficient (Wildman–Crippen LogP) is 3.85. The van der Waals surface area contributed by atoms with Crippen LogP contribution in [0.2, 0.25) is 0 Å². The Morgan fingerprint density at radius 2 is 1.55 bits per heavy atom. The van der Waals surface area contributed by atoms with Crippen LogP contribution in [-0.2, 0) is 9.47 Å². The molecule has 0 saturated carbocycles. The highest BCUT2D eigenvalue weighted by atomic mass is 16.5. The molecule has 6 heteroatoms. The average molecular weight is 399 g/mol. The summed E-state index contributed by atoms with van der Waals surface area (Å²) in [6.45, 7) is 6.38. The molecule has 2 N–H and O–H groups in total. The molecule has 156 valence electrons. The summed E-state index contributed by atoms with van der Waals surface area (Å²) in [6, 6.07) is 14.8. The summed E-state index contributed by atoms with van der Waals surface area (Å²) in [5.74, 6) is 0.0569. The molecule has 6 nitrogen and oxygen atoms in total. The number of hydrogen-bond donors (Lipinski definition) is 2. The first-order valence-electron chi connectivity index (χ1n) is 9.93. The minimum absolute atomic E-state index is 0.0897. The van der Waals surface area contributed by atoms with E-state index in [4.69, 9.17) is 4.74 Å². The lowest BCUT2D eigenvalue weighted by molar-refractivity contribution is 0.0600. The van der Waals surface area contributed by atoms with E-state index in [-0.39, 0.29) is 11.9 Å². The summed E-state index contributed by atoms with van der Waals surface area (Å²) in [4.78, 5) is 23.5. The van der Waals surface area contributed by atoms with Gasteiger partial charge in [0.15, 0.2) is 0 Å². The summed E-state index contributed by atoms with van der Waals surface area (Å²) < 4.78 is 10.2. The number of carbonyl (C=O) groups is 2. The van der Waals surface area contributed by atoms with Gasteiger partial charge >= 0.3 is 5.97 Å². The van der Waals surface area contributed by atoms with E-state index in [1.807, 2.05) is 36.4 Å². The fourth-order valence-electron chi connectivity index (χ4n) is 2.75. The zero-order valence-electron chi connectivity index (χ0n) is 17.4. The summed E-state index contributed by atoms with van der Waals surface area (Å²) in [5, 5.41) is 6.07. The van der Waals surface area contributed by atoms with Gasteiger partial charge in [-0.05, 0) is 54.3 Å². The highest BCUT2D eigenvalue weighted by molar-refractivity contribution is 5.94. The maximum atomic E-state index is 12.2. The largest absolute Gasteiger partial charge is 0.465 e. The van der Waals surface area contributed by atoms with Gasteiger partial charge in [0.05, 0.1) is 25.9 Å². The lowest BCUT2D eigenvalue weighted by Gasteiger charge is -2.10. The van der Waals surface area contributed by atoms with Crippen LogP contribution in [-0.4, -0.2) is 45.3 Å². The number of hydrogen-bond acceptors (Lipinski definition) is 5. The molecule has 0 aliphatic heterocycles. The molecule has 0 spiro atoms. The van der Waals surface area contributed by atoms with Crippen LogP contribution in [0.25, 0.3) is 0 Å². The van der Waals surface area contributed by atoms with Gasteiger partial charge in [-0.15, -0.1) is 0 Å². The van der Waals surface area contributed by atoms with Crippen molar-refractivity contribution in [3.05, 3.63) is 65.2 Å². The molecular weight excluding hydrogens is 368 g/mol. The Morgan fingerprint density at radius 3 is 2.17 bits per heavy atom. The van der Waals surface area contributed by atoms with Gasteiger partial charge in [0, 0.05) is 24.3 Å². The zero-order chi connectivity index (χ0) is 21.1. The van der Waals surface area contributed by atoms with Crippen molar-refractivity contribution in [3.8, 4) is 0 Å². The summed E-state index contributed by atoms with van der Waals surface area (Å²) in [6.07, 6.45) is 1.08. The Hall–Kier alpha value is -2.86. The van der Waals surface area contributed by atoms with Crippen LogP contribution in [0.1, 0.15) is 52.5 Å². The van der Waals surface area contributed by atoms with E-state index in [1.54, 1.807) is 12.1 Å². The second-order valence-electron chi connectivity index (χ2n) is 6.80. The van der Waals surface area contributed by atoms with Crippen LogP contribution in [0, 0.1) is 0 Å². The zero-order valence-corrected chi connectivity index (χ0v) is 17.4. The van der Waals surface area contributed by atoms with Gasteiger partial charge in [-0.1, -0.05) is 26.0 Å². The second-order valence-corrected chi connectivity index (χ2v) is 6.80. The van der Waals surface area contributed by atoms with E-state index < -0.39 is 0 Å². The Morgan fingerprint density at radius 1 is 0.931 bits per heavy atom.